The van der Waals surface area contributed by atoms with Crippen LogP contribution in [0.25, 0.3) is 0 Å². The fourth-order valence-corrected chi connectivity index (χ4v) is 11.7. The highest BCUT2D eigenvalue weighted by atomic mass is 16.5. The molecule has 0 radical (unpaired) electrons. The Labute approximate surface area is 483 Å². The number of aliphatic hydroxyl groups is 2. The van der Waals surface area contributed by atoms with Crippen LogP contribution in [0.3, 0.4) is 0 Å². The molecular formula is C71H141NO5. The Morgan fingerprint density at radius 1 is 0.312 bits per heavy atom. The zero-order valence-corrected chi connectivity index (χ0v) is 52.7. The molecule has 1 amide bonds. The Balaban J connectivity index is 3.31. The number of hydrogen-bond acceptors (Lipinski definition) is 5. The molecule has 0 aromatic rings. The summed E-state index contributed by atoms with van der Waals surface area (Å²) in [6.45, 7) is 5.00. The van der Waals surface area contributed by atoms with Gasteiger partial charge in [-0.2, -0.15) is 0 Å². The van der Waals surface area contributed by atoms with Crippen LogP contribution in [0.2, 0.25) is 0 Å². The predicted molar refractivity (Wildman–Crippen MR) is 338 cm³/mol. The fourth-order valence-electron chi connectivity index (χ4n) is 11.7. The summed E-state index contributed by atoms with van der Waals surface area (Å²) in [5.41, 5.74) is 0. The van der Waals surface area contributed by atoms with Crippen LogP contribution in [0.5, 0.6) is 0 Å². The van der Waals surface area contributed by atoms with Gasteiger partial charge in [-0.1, -0.05) is 380 Å². The van der Waals surface area contributed by atoms with Crippen LogP contribution in [0.15, 0.2) is 0 Å². The molecule has 460 valence electrons. The van der Waals surface area contributed by atoms with Crippen molar-refractivity contribution in [2.75, 3.05) is 13.2 Å². The first-order valence-electron chi connectivity index (χ1n) is 35.8. The van der Waals surface area contributed by atoms with Crippen LogP contribution in [0.4, 0.5) is 0 Å². The molecule has 0 aliphatic carbocycles. The molecule has 0 rings (SSSR count). The standard InChI is InChI=1S/C71H141NO5/c1-3-5-7-9-11-13-15-17-18-34-37-40-43-47-51-55-59-63-69(74)68(67-73)72-70(75)64-60-56-52-48-44-41-38-35-32-30-28-26-24-22-20-19-21-23-25-27-29-31-33-36-39-42-46-50-54-58-62-66-77-71(76)65-61-57-53-49-45-16-14-12-10-8-6-4-2/h68-69,73-74H,3-67H2,1-2H3,(H,72,75). The topological polar surface area (TPSA) is 95.9 Å². The first-order valence-corrected chi connectivity index (χ1v) is 35.8. The first kappa shape index (κ1) is 75.9. The van der Waals surface area contributed by atoms with Crippen molar-refractivity contribution in [3.8, 4) is 0 Å². The Morgan fingerprint density at radius 2 is 0.532 bits per heavy atom. The summed E-state index contributed by atoms with van der Waals surface area (Å²) in [6.07, 6.45) is 81.6. The lowest BCUT2D eigenvalue weighted by Gasteiger charge is -2.22. The van der Waals surface area contributed by atoms with E-state index in [1.165, 1.54) is 347 Å². The molecule has 0 saturated carbocycles. The van der Waals surface area contributed by atoms with Gasteiger partial charge in [0.1, 0.15) is 0 Å². The number of ether oxygens (including phenoxy) is 1. The zero-order chi connectivity index (χ0) is 55.7. The van der Waals surface area contributed by atoms with Crippen molar-refractivity contribution in [1.82, 2.24) is 5.32 Å². The van der Waals surface area contributed by atoms with E-state index in [-0.39, 0.29) is 18.5 Å². The minimum atomic E-state index is -0.660. The van der Waals surface area contributed by atoms with E-state index in [4.69, 9.17) is 4.74 Å². The van der Waals surface area contributed by atoms with E-state index in [1.807, 2.05) is 0 Å². The van der Waals surface area contributed by atoms with E-state index >= 15 is 0 Å². The van der Waals surface area contributed by atoms with Gasteiger partial charge in [-0.05, 0) is 25.7 Å². The Hall–Kier alpha value is -1.14. The van der Waals surface area contributed by atoms with Crippen molar-refractivity contribution in [2.45, 2.75) is 431 Å². The minimum Gasteiger partial charge on any atom is -0.466 e. The summed E-state index contributed by atoms with van der Waals surface area (Å²) in [7, 11) is 0. The molecule has 0 aliphatic heterocycles. The van der Waals surface area contributed by atoms with E-state index in [2.05, 4.69) is 19.2 Å². The van der Waals surface area contributed by atoms with Gasteiger partial charge in [-0.15, -0.1) is 0 Å². The Morgan fingerprint density at radius 3 is 0.792 bits per heavy atom. The zero-order valence-electron chi connectivity index (χ0n) is 52.7. The molecule has 0 aliphatic rings. The van der Waals surface area contributed by atoms with Crippen LogP contribution in [0.1, 0.15) is 418 Å². The summed E-state index contributed by atoms with van der Waals surface area (Å²) in [4.78, 5) is 24.6. The third-order valence-electron chi connectivity index (χ3n) is 17.2. The van der Waals surface area contributed by atoms with E-state index in [9.17, 15) is 19.8 Å². The van der Waals surface area contributed by atoms with Gasteiger partial charge in [0, 0.05) is 12.8 Å². The van der Waals surface area contributed by atoms with E-state index < -0.39 is 12.1 Å². The average Bonchev–Trinajstić information content (AvgIpc) is 3.43. The van der Waals surface area contributed by atoms with Gasteiger partial charge >= 0.3 is 5.97 Å². The van der Waals surface area contributed by atoms with Crippen LogP contribution in [-0.4, -0.2) is 47.4 Å². The van der Waals surface area contributed by atoms with E-state index in [0.717, 1.165) is 38.5 Å². The number of hydrogen-bond donors (Lipinski definition) is 3. The van der Waals surface area contributed by atoms with Crippen molar-refractivity contribution in [1.29, 1.82) is 0 Å². The summed E-state index contributed by atoms with van der Waals surface area (Å²) in [6, 6.07) is -0.537. The maximum absolute atomic E-state index is 12.5. The molecule has 0 bridgehead atoms. The predicted octanol–water partition coefficient (Wildman–Crippen LogP) is 23.0. The molecule has 3 N–H and O–H groups in total. The molecule has 2 atom stereocenters. The normalized spacial score (nSPS) is 12.4. The van der Waals surface area contributed by atoms with Crippen molar-refractivity contribution in [3.05, 3.63) is 0 Å². The second-order valence-electron chi connectivity index (χ2n) is 24.9. The van der Waals surface area contributed by atoms with Crippen LogP contribution in [0, 0.1) is 0 Å². The van der Waals surface area contributed by atoms with Crippen molar-refractivity contribution in [3.63, 3.8) is 0 Å². The molecule has 77 heavy (non-hydrogen) atoms. The maximum Gasteiger partial charge on any atom is 0.305 e. The maximum atomic E-state index is 12.5. The molecule has 0 heterocycles. The minimum absolute atomic E-state index is 0.0225. The third kappa shape index (κ3) is 63.9. The molecular weight excluding hydrogens is 947 g/mol. The lowest BCUT2D eigenvalue weighted by Crippen LogP contribution is -2.45. The summed E-state index contributed by atoms with van der Waals surface area (Å²) >= 11 is 0. The van der Waals surface area contributed by atoms with Gasteiger partial charge in [-0.25, -0.2) is 0 Å². The number of carbonyl (C=O) groups excluding carboxylic acids is 2. The number of unbranched alkanes of at least 4 members (excludes halogenated alkanes) is 57. The average molecular weight is 1090 g/mol. The molecule has 0 aromatic carbocycles. The summed E-state index contributed by atoms with van der Waals surface area (Å²) in [5.74, 6) is -0.00369. The third-order valence-corrected chi connectivity index (χ3v) is 17.2. The smallest absolute Gasteiger partial charge is 0.305 e. The van der Waals surface area contributed by atoms with Crippen LogP contribution in [-0.2, 0) is 14.3 Å². The highest BCUT2D eigenvalue weighted by Gasteiger charge is 2.20. The largest absolute Gasteiger partial charge is 0.466 e. The number of carbonyl (C=O) groups is 2. The number of amides is 1. The van der Waals surface area contributed by atoms with Gasteiger partial charge < -0.3 is 20.3 Å². The summed E-state index contributed by atoms with van der Waals surface area (Å²) in [5, 5.41) is 23.4. The van der Waals surface area contributed by atoms with Crippen LogP contribution >= 0.6 is 0 Å². The van der Waals surface area contributed by atoms with E-state index in [0.29, 0.717) is 25.9 Å². The second-order valence-corrected chi connectivity index (χ2v) is 24.9. The number of rotatable bonds is 68. The molecule has 6 nitrogen and oxygen atoms in total. The summed E-state index contributed by atoms with van der Waals surface area (Å²) < 4.78 is 5.49. The number of aliphatic hydroxyl groups excluding tert-OH is 2. The van der Waals surface area contributed by atoms with Gasteiger partial charge in [0.05, 0.1) is 25.4 Å². The lowest BCUT2D eigenvalue weighted by atomic mass is 10.0. The fraction of sp³-hybridized carbons (Fsp3) is 0.972. The highest BCUT2D eigenvalue weighted by molar-refractivity contribution is 5.76. The van der Waals surface area contributed by atoms with Gasteiger partial charge in [-0.3, -0.25) is 9.59 Å². The van der Waals surface area contributed by atoms with E-state index in [1.54, 1.807) is 0 Å². The molecule has 0 spiro atoms. The van der Waals surface area contributed by atoms with Crippen molar-refractivity contribution in [2.24, 2.45) is 0 Å². The molecule has 6 heteroatoms. The Bertz CT molecular complexity index is 1120. The van der Waals surface area contributed by atoms with Crippen molar-refractivity contribution < 1.29 is 24.5 Å². The molecule has 0 aromatic heterocycles. The SMILES string of the molecule is CCCCCCCCCCCCCCCCCCCC(O)C(CO)NC(=O)CCCCCCCCCCCCCCCCCCCCCCCCCCCCCCCCCOC(=O)CCCCCCCCCCCCCC. The van der Waals surface area contributed by atoms with Gasteiger partial charge in [0.15, 0.2) is 0 Å². The van der Waals surface area contributed by atoms with Gasteiger partial charge in [0.25, 0.3) is 0 Å². The number of esters is 1. The lowest BCUT2D eigenvalue weighted by molar-refractivity contribution is -0.143. The molecule has 2 unspecified atom stereocenters. The number of nitrogens with one attached hydrogen (secondary N) is 1. The molecule has 0 fully saturated rings. The van der Waals surface area contributed by atoms with Gasteiger partial charge in [0.2, 0.25) is 5.91 Å². The quantitative estimate of drug-likeness (QED) is 0.0417. The second kappa shape index (κ2) is 67.4. The molecule has 0 saturated heterocycles. The first-order chi connectivity index (χ1) is 38.0. The monoisotopic (exact) mass is 1090 g/mol. The van der Waals surface area contributed by atoms with Crippen molar-refractivity contribution >= 4 is 11.9 Å². The highest BCUT2D eigenvalue weighted by Crippen LogP contribution is 2.20. The Kier molecular flexibility index (Phi) is 66.4. The van der Waals surface area contributed by atoms with Crippen LogP contribution < -0.4 is 5.32 Å².